The number of nitrogens with zero attached hydrogens (tertiary/aromatic N) is 2. The summed E-state index contributed by atoms with van der Waals surface area (Å²) in [6.07, 6.45) is 1.15. The summed E-state index contributed by atoms with van der Waals surface area (Å²) in [7, 11) is 0. The zero-order valence-electron chi connectivity index (χ0n) is 16.8. The molecule has 2 aliphatic heterocycles. The minimum atomic E-state index is -0.740. The Bertz CT molecular complexity index is 681. The van der Waals surface area contributed by atoms with E-state index in [1.54, 1.807) is 17.0 Å². The van der Waals surface area contributed by atoms with E-state index >= 15 is 0 Å². The molecular formula is C20H29FN2O4S. The topological polar surface area (TPSA) is 65.1 Å². The Morgan fingerprint density at radius 1 is 1.18 bits per heavy atom. The molecule has 0 spiro atoms. The maximum Gasteiger partial charge on any atom is 0.410 e. The van der Waals surface area contributed by atoms with E-state index in [-0.39, 0.29) is 18.0 Å². The lowest BCUT2D eigenvalue weighted by Gasteiger charge is -2.36. The summed E-state index contributed by atoms with van der Waals surface area (Å²) in [5.41, 5.74) is -0.00952. The van der Waals surface area contributed by atoms with Gasteiger partial charge in [0.2, 0.25) is 0 Å². The van der Waals surface area contributed by atoms with Crippen molar-refractivity contribution in [1.29, 1.82) is 0 Å². The average molecular weight is 413 g/mol. The number of carbonyl (C=O) groups excluding carboxylic acids is 1. The summed E-state index contributed by atoms with van der Waals surface area (Å²) >= 11 is -0.740. The van der Waals surface area contributed by atoms with Crippen molar-refractivity contribution in [3.63, 3.8) is 0 Å². The highest BCUT2D eigenvalue weighted by Gasteiger charge is 2.27. The van der Waals surface area contributed by atoms with Gasteiger partial charge < -0.3 is 23.8 Å². The molecule has 2 fully saturated rings. The lowest BCUT2D eigenvalue weighted by molar-refractivity contribution is 0.0240. The van der Waals surface area contributed by atoms with Gasteiger partial charge >= 0.3 is 6.09 Å². The maximum absolute atomic E-state index is 14.7. The molecule has 0 atom stereocenters. The monoisotopic (exact) mass is 412 g/mol. The van der Waals surface area contributed by atoms with Crippen molar-refractivity contribution >= 4 is 23.0 Å². The number of benzene rings is 1. The second-order valence-corrected chi connectivity index (χ2v) is 9.93. The zero-order chi connectivity index (χ0) is 20.3. The molecule has 3 rings (SSSR count). The molecule has 8 heteroatoms. The van der Waals surface area contributed by atoms with Gasteiger partial charge in [-0.25, -0.2) is 9.18 Å². The van der Waals surface area contributed by atoms with E-state index in [2.05, 4.69) is 0 Å². The number of ether oxygens (including phenoxy) is 2. The molecule has 0 N–H and O–H groups in total. The molecule has 0 saturated carbocycles. The number of hydrogen-bond acceptors (Lipinski definition) is 5. The van der Waals surface area contributed by atoms with E-state index in [0.29, 0.717) is 49.1 Å². The summed E-state index contributed by atoms with van der Waals surface area (Å²) in [6.45, 7) is 7.60. The Morgan fingerprint density at radius 3 is 2.39 bits per heavy atom. The molecule has 1 amide bonds. The van der Waals surface area contributed by atoms with Crippen LogP contribution in [0.2, 0.25) is 0 Å². The predicted molar refractivity (Wildman–Crippen MR) is 108 cm³/mol. The van der Waals surface area contributed by atoms with Gasteiger partial charge in [-0.2, -0.15) is 0 Å². The third-order valence-electron chi connectivity index (χ3n) is 4.83. The number of amides is 1. The molecule has 1 aromatic rings. The van der Waals surface area contributed by atoms with Crippen LogP contribution < -0.4 is 9.64 Å². The Kier molecular flexibility index (Phi) is 6.60. The largest absolute Gasteiger partial charge is 0.616 e. The Hall–Kier alpha value is -1.67. The van der Waals surface area contributed by atoms with E-state index in [1.165, 1.54) is 6.07 Å². The van der Waals surface area contributed by atoms with E-state index in [0.717, 1.165) is 12.8 Å². The number of piperazine rings is 1. The number of carbonyl (C=O) groups is 1. The van der Waals surface area contributed by atoms with Gasteiger partial charge in [-0.15, -0.1) is 0 Å². The van der Waals surface area contributed by atoms with Crippen molar-refractivity contribution in [2.24, 2.45) is 0 Å². The van der Waals surface area contributed by atoms with Crippen LogP contribution in [-0.4, -0.2) is 64.9 Å². The molecule has 28 heavy (non-hydrogen) atoms. The molecule has 1 aromatic carbocycles. The van der Waals surface area contributed by atoms with E-state index in [4.69, 9.17) is 9.47 Å². The number of rotatable bonds is 3. The maximum atomic E-state index is 14.7. The fourth-order valence-electron chi connectivity index (χ4n) is 3.36. The number of hydrogen-bond donors (Lipinski definition) is 0. The normalized spacial score (nSPS) is 23.5. The molecule has 156 valence electrons. The lowest BCUT2D eigenvalue weighted by atomic mass is 10.2. The van der Waals surface area contributed by atoms with Crippen LogP contribution in [0.3, 0.4) is 0 Å². The summed E-state index contributed by atoms with van der Waals surface area (Å²) < 4.78 is 37.3. The van der Waals surface area contributed by atoms with Crippen LogP contribution in [0, 0.1) is 5.82 Å². The van der Waals surface area contributed by atoms with Crippen molar-refractivity contribution < 1.29 is 23.2 Å². The lowest BCUT2D eigenvalue weighted by Crippen LogP contribution is -2.50. The van der Waals surface area contributed by atoms with Gasteiger partial charge in [0.25, 0.3) is 0 Å². The van der Waals surface area contributed by atoms with E-state index in [1.807, 2.05) is 25.7 Å². The first-order chi connectivity index (χ1) is 13.2. The standard InChI is InChI=1S/C20H29FN2O4S/c1-20(2,3)27-19(24)23-10-8-22(9-11-23)18-5-4-16(14-17(18)21)26-15-6-12-28(25)13-7-15/h4-5,14-15H,6-13H2,1-3H3. The number of anilines is 1. The van der Waals surface area contributed by atoms with Crippen LogP contribution in [0.1, 0.15) is 33.6 Å². The molecule has 0 bridgehead atoms. The van der Waals surface area contributed by atoms with E-state index in [9.17, 15) is 13.7 Å². The van der Waals surface area contributed by atoms with Crippen LogP contribution in [-0.2, 0) is 15.9 Å². The number of halogens is 1. The van der Waals surface area contributed by atoms with Gasteiger partial charge in [-0.05, 0) is 32.9 Å². The quantitative estimate of drug-likeness (QED) is 0.714. The molecule has 2 aliphatic rings. The highest BCUT2D eigenvalue weighted by molar-refractivity contribution is 7.91. The third kappa shape index (κ3) is 5.67. The van der Waals surface area contributed by atoms with Crippen LogP contribution in [0.5, 0.6) is 5.75 Å². The first-order valence-corrected chi connectivity index (χ1v) is 11.2. The van der Waals surface area contributed by atoms with Crippen molar-refractivity contribution in [3.05, 3.63) is 24.0 Å². The van der Waals surface area contributed by atoms with Gasteiger partial charge in [-0.1, -0.05) is 11.2 Å². The fourth-order valence-corrected chi connectivity index (χ4v) is 4.61. The second-order valence-electron chi connectivity index (χ2n) is 8.23. The van der Waals surface area contributed by atoms with Gasteiger partial charge in [-0.3, -0.25) is 0 Å². The molecule has 0 aliphatic carbocycles. The first-order valence-electron chi connectivity index (χ1n) is 9.75. The minimum absolute atomic E-state index is 0.000300. The summed E-state index contributed by atoms with van der Waals surface area (Å²) in [6, 6.07) is 4.93. The average Bonchev–Trinajstić information content (AvgIpc) is 2.63. The Balaban J connectivity index is 1.54. The molecule has 2 heterocycles. The highest BCUT2D eigenvalue weighted by Crippen LogP contribution is 2.27. The molecule has 6 nitrogen and oxygen atoms in total. The molecule has 0 radical (unpaired) electrons. The third-order valence-corrected chi connectivity index (χ3v) is 6.21. The van der Waals surface area contributed by atoms with Gasteiger partial charge in [0.1, 0.15) is 34.8 Å². The zero-order valence-corrected chi connectivity index (χ0v) is 17.6. The van der Waals surface area contributed by atoms with Crippen molar-refractivity contribution in [3.8, 4) is 5.75 Å². The van der Waals surface area contributed by atoms with Gasteiger partial charge in [0.15, 0.2) is 0 Å². The molecule has 0 unspecified atom stereocenters. The first kappa shape index (κ1) is 21.0. The Labute approximate surface area is 169 Å². The SMILES string of the molecule is CC(C)(C)OC(=O)N1CCN(c2ccc(OC3CC[S+]([O-])CC3)cc2F)CC1. The van der Waals surface area contributed by atoms with Gasteiger partial charge in [0, 0.05) is 45.1 Å². The predicted octanol–water partition coefficient (Wildman–Crippen LogP) is 3.17. The van der Waals surface area contributed by atoms with Crippen LogP contribution in [0.25, 0.3) is 0 Å². The summed E-state index contributed by atoms with van der Waals surface area (Å²) in [5, 5.41) is 0. The second kappa shape index (κ2) is 8.78. The van der Waals surface area contributed by atoms with Crippen molar-refractivity contribution in [2.75, 3.05) is 42.6 Å². The van der Waals surface area contributed by atoms with Crippen LogP contribution >= 0.6 is 0 Å². The van der Waals surface area contributed by atoms with E-state index < -0.39 is 16.8 Å². The molecular weight excluding hydrogens is 383 g/mol. The summed E-state index contributed by atoms with van der Waals surface area (Å²) in [5.74, 6) is 1.47. The van der Waals surface area contributed by atoms with Crippen LogP contribution in [0.15, 0.2) is 18.2 Å². The minimum Gasteiger partial charge on any atom is -0.616 e. The fraction of sp³-hybridized carbons (Fsp3) is 0.650. The van der Waals surface area contributed by atoms with Crippen molar-refractivity contribution in [1.82, 2.24) is 4.90 Å². The van der Waals surface area contributed by atoms with Gasteiger partial charge in [0.05, 0.1) is 5.69 Å². The molecule has 2 saturated heterocycles. The Morgan fingerprint density at radius 2 is 1.82 bits per heavy atom. The summed E-state index contributed by atoms with van der Waals surface area (Å²) in [4.78, 5) is 15.7. The van der Waals surface area contributed by atoms with Crippen LogP contribution in [0.4, 0.5) is 14.9 Å². The van der Waals surface area contributed by atoms with Crippen molar-refractivity contribution in [2.45, 2.75) is 45.3 Å². The highest BCUT2D eigenvalue weighted by atomic mass is 32.2. The smallest absolute Gasteiger partial charge is 0.410 e. The molecule has 0 aromatic heterocycles.